The summed E-state index contributed by atoms with van der Waals surface area (Å²) in [6, 6.07) is 4.27. The van der Waals surface area contributed by atoms with E-state index in [1.165, 1.54) is 18.2 Å². The molecular formula is C12H14F2O3. The van der Waals surface area contributed by atoms with Crippen LogP contribution in [0.5, 0.6) is 5.75 Å². The van der Waals surface area contributed by atoms with E-state index in [1.54, 1.807) is 6.92 Å². The Kier molecular flexibility index (Phi) is 4.87. The number of aryl methyl sites for hydroxylation is 1. The van der Waals surface area contributed by atoms with Crippen molar-refractivity contribution >= 4 is 5.97 Å². The van der Waals surface area contributed by atoms with Crippen molar-refractivity contribution in [2.45, 2.75) is 26.2 Å². The highest BCUT2D eigenvalue weighted by Crippen LogP contribution is 2.30. The molecule has 17 heavy (non-hydrogen) atoms. The summed E-state index contributed by atoms with van der Waals surface area (Å²) in [5.41, 5.74) is 0.520. The predicted molar refractivity (Wildman–Crippen MR) is 58.5 cm³/mol. The van der Waals surface area contributed by atoms with Crippen LogP contribution in [0, 0.1) is 0 Å². The summed E-state index contributed by atoms with van der Waals surface area (Å²) < 4.78 is 30.4. The number of carboxylic acid groups (broad SMARTS) is 1. The molecule has 1 rings (SSSR count). The number of alkyl halides is 2. The lowest BCUT2D eigenvalue weighted by atomic mass is 10.1. The first-order valence-corrected chi connectivity index (χ1v) is 5.30. The zero-order chi connectivity index (χ0) is 12.8. The molecule has 0 aliphatic carbocycles. The minimum Gasteiger partial charge on any atom is -0.493 e. The summed E-state index contributed by atoms with van der Waals surface area (Å²) in [5.74, 6) is -0.786. The lowest BCUT2D eigenvalue weighted by Gasteiger charge is -2.11. The van der Waals surface area contributed by atoms with Crippen LogP contribution in [0.25, 0.3) is 0 Å². The van der Waals surface area contributed by atoms with Gasteiger partial charge in [-0.2, -0.15) is 0 Å². The molecule has 0 radical (unpaired) electrons. The van der Waals surface area contributed by atoms with Gasteiger partial charge >= 0.3 is 5.97 Å². The number of halogens is 2. The number of carboxylic acids is 1. The highest BCUT2D eigenvalue weighted by atomic mass is 19.3. The number of benzene rings is 1. The maximum Gasteiger partial charge on any atom is 0.303 e. The molecule has 0 atom stereocenters. The maximum absolute atomic E-state index is 12.6. The van der Waals surface area contributed by atoms with Gasteiger partial charge in [-0.05, 0) is 31.0 Å². The molecule has 0 saturated heterocycles. The van der Waals surface area contributed by atoms with Crippen LogP contribution in [-0.4, -0.2) is 17.7 Å². The van der Waals surface area contributed by atoms with E-state index in [2.05, 4.69) is 0 Å². The summed E-state index contributed by atoms with van der Waals surface area (Å²) in [5, 5.41) is 8.54. The second kappa shape index (κ2) is 6.18. The molecular weight excluding hydrogens is 230 g/mol. The number of ether oxygens (including phenoxy) is 1. The fraction of sp³-hybridized carbons (Fsp3) is 0.417. The van der Waals surface area contributed by atoms with E-state index < -0.39 is 12.4 Å². The van der Waals surface area contributed by atoms with Gasteiger partial charge in [0, 0.05) is 6.42 Å². The second-order valence-electron chi connectivity index (χ2n) is 3.50. The Hall–Kier alpha value is -1.65. The average molecular weight is 244 g/mol. The Labute approximate surface area is 98.0 Å². The molecule has 0 aliphatic heterocycles. The van der Waals surface area contributed by atoms with Crippen LogP contribution >= 0.6 is 0 Å². The number of carbonyl (C=O) groups is 1. The minimum absolute atomic E-state index is 0.0282. The molecule has 94 valence electrons. The van der Waals surface area contributed by atoms with Crippen molar-refractivity contribution in [3.05, 3.63) is 29.3 Å². The van der Waals surface area contributed by atoms with Gasteiger partial charge in [0.05, 0.1) is 12.2 Å². The summed E-state index contributed by atoms with van der Waals surface area (Å²) in [7, 11) is 0. The van der Waals surface area contributed by atoms with Gasteiger partial charge in [0.25, 0.3) is 6.43 Å². The Morgan fingerprint density at radius 3 is 2.71 bits per heavy atom. The first-order valence-electron chi connectivity index (χ1n) is 5.30. The van der Waals surface area contributed by atoms with Gasteiger partial charge < -0.3 is 9.84 Å². The zero-order valence-corrected chi connectivity index (χ0v) is 9.45. The predicted octanol–water partition coefficient (Wildman–Crippen LogP) is 3.04. The summed E-state index contributed by atoms with van der Waals surface area (Å²) in [6.07, 6.45) is -2.32. The SMILES string of the molecule is CCOc1cc(CCC(=O)O)ccc1C(F)F. The summed E-state index contributed by atoms with van der Waals surface area (Å²) >= 11 is 0. The Balaban J connectivity index is 2.88. The molecule has 5 heteroatoms. The largest absolute Gasteiger partial charge is 0.493 e. The van der Waals surface area contributed by atoms with Gasteiger partial charge in [0.1, 0.15) is 5.75 Å². The topological polar surface area (TPSA) is 46.5 Å². The first kappa shape index (κ1) is 13.4. The standard InChI is InChI=1S/C12H14F2O3/c1-2-17-10-7-8(4-6-11(15)16)3-5-9(10)12(13)14/h3,5,7,12H,2,4,6H2,1H3,(H,15,16). The van der Waals surface area contributed by atoms with Gasteiger partial charge in [0.2, 0.25) is 0 Å². The van der Waals surface area contributed by atoms with Crippen molar-refractivity contribution in [3.8, 4) is 5.75 Å². The van der Waals surface area contributed by atoms with E-state index in [0.29, 0.717) is 18.6 Å². The summed E-state index contributed by atoms with van der Waals surface area (Å²) in [6.45, 7) is 2.00. The summed E-state index contributed by atoms with van der Waals surface area (Å²) in [4.78, 5) is 10.4. The zero-order valence-electron chi connectivity index (χ0n) is 9.45. The van der Waals surface area contributed by atoms with Crippen LogP contribution in [0.3, 0.4) is 0 Å². The van der Waals surface area contributed by atoms with E-state index in [4.69, 9.17) is 9.84 Å². The molecule has 0 bridgehead atoms. The van der Waals surface area contributed by atoms with E-state index in [9.17, 15) is 13.6 Å². The molecule has 0 amide bonds. The lowest BCUT2D eigenvalue weighted by Crippen LogP contribution is -2.01. The van der Waals surface area contributed by atoms with Crippen LogP contribution in [0.15, 0.2) is 18.2 Å². The van der Waals surface area contributed by atoms with Crippen molar-refractivity contribution in [3.63, 3.8) is 0 Å². The lowest BCUT2D eigenvalue weighted by molar-refractivity contribution is -0.136. The fourth-order valence-corrected chi connectivity index (χ4v) is 1.45. The molecule has 0 aromatic heterocycles. The maximum atomic E-state index is 12.6. The van der Waals surface area contributed by atoms with Crippen molar-refractivity contribution < 1.29 is 23.4 Å². The van der Waals surface area contributed by atoms with Crippen LogP contribution < -0.4 is 4.74 Å². The Bertz CT molecular complexity index is 391. The Morgan fingerprint density at radius 1 is 1.47 bits per heavy atom. The van der Waals surface area contributed by atoms with Crippen molar-refractivity contribution in [2.75, 3.05) is 6.61 Å². The fourth-order valence-electron chi connectivity index (χ4n) is 1.45. The third-order valence-corrected chi connectivity index (χ3v) is 2.24. The minimum atomic E-state index is -2.59. The van der Waals surface area contributed by atoms with Gasteiger partial charge in [-0.1, -0.05) is 6.07 Å². The smallest absolute Gasteiger partial charge is 0.303 e. The number of rotatable bonds is 6. The number of hydrogen-bond acceptors (Lipinski definition) is 2. The van der Waals surface area contributed by atoms with E-state index in [-0.39, 0.29) is 17.7 Å². The first-order chi connectivity index (χ1) is 8.04. The van der Waals surface area contributed by atoms with Crippen molar-refractivity contribution in [2.24, 2.45) is 0 Å². The third kappa shape index (κ3) is 4.01. The normalized spacial score (nSPS) is 10.6. The molecule has 3 nitrogen and oxygen atoms in total. The molecule has 1 N–H and O–H groups in total. The van der Waals surface area contributed by atoms with Gasteiger partial charge in [-0.15, -0.1) is 0 Å². The van der Waals surface area contributed by atoms with E-state index in [1.807, 2.05) is 0 Å². The third-order valence-electron chi connectivity index (χ3n) is 2.24. The van der Waals surface area contributed by atoms with Crippen LogP contribution in [0.2, 0.25) is 0 Å². The molecule has 0 fully saturated rings. The van der Waals surface area contributed by atoms with Crippen molar-refractivity contribution in [1.82, 2.24) is 0 Å². The average Bonchev–Trinajstić information content (AvgIpc) is 2.26. The second-order valence-corrected chi connectivity index (χ2v) is 3.50. The van der Waals surface area contributed by atoms with Crippen LogP contribution in [0.1, 0.15) is 30.9 Å². The van der Waals surface area contributed by atoms with Crippen LogP contribution in [0.4, 0.5) is 8.78 Å². The molecule has 1 aromatic rings. The van der Waals surface area contributed by atoms with Gasteiger partial charge in [0.15, 0.2) is 0 Å². The van der Waals surface area contributed by atoms with Crippen LogP contribution in [-0.2, 0) is 11.2 Å². The monoisotopic (exact) mass is 244 g/mol. The van der Waals surface area contributed by atoms with Gasteiger partial charge in [-0.3, -0.25) is 4.79 Å². The molecule has 0 aliphatic rings. The highest BCUT2D eigenvalue weighted by Gasteiger charge is 2.14. The van der Waals surface area contributed by atoms with E-state index >= 15 is 0 Å². The van der Waals surface area contributed by atoms with E-state index in [0.717, 1.165) is 0 Å². The quantitative estimate of drug-likeness (QED) is 0.836. The molecule has 0 heterocycles. The molecule has 0 spiro atoms. The number of hydrogen-bond donors (Lipinski definition) is 1. The van der Waals surface area contributed by atoms with Gasteiger partial charge in [-0.25, -0.2) is 8.78 Å². The molecule has 1 aromatic carbocycles. The van der Waals surface area contributed by atoms with Crippen molar-refractivity contribution in [1.29, 1.82) is 0 Å². The Morgan fingerprint density at radius 2 is 2.18 bits per heavy atom. The molecule has 0 unspecified atom stereocenters. The number of aliphatic carboxylic acids is 1. The molecule has 0 saturated carbocycles. The highest BCUT2D eigenvalue weighted by molar-refractivity contribution is 5.67.